The van der Waals surface area contributed by atoms with Crippen molar-refractivity contribution in [3.8, 4) is 0 Å². The van der Waals surface area contributed by atoms with Crippen LogP contribution in [0.5, 0.6) is 0 Å². The molecule has 12 heavy (non-hydrogen) atoms. The van der Waals surface area contributed by atoms with Gasteiger partial charge in [0.25, 0.3) is 0 Å². The Hall–Kier alpha value is -0.900. The highest BCUT2D eigenvalue weighted by Gasteiger charge is 2.66. The Morgan fingerprint density at radius 3 is 2.00 bits per heavy atom. The third-order valence-electron chi connectivity index (χ3n) is 2.64. The molecule has 1 aliphatic heterocycles. The van der Waals surface area contributed by atoms with E-state index in [2.05, 4.69) is 0 Å². The maximum absolute atomic E-state index is 11.4. The van der Waals surface area contributed by atoms with Crippen LogP contribution in [0.2, 0.25) is 0 Å². The first-order valence-electron chi connectivity index (χ1n) is 4.18. The number of hydrogen-bond acceptors (Lipinski definition) is 3. The molecule has 2 fully saturated rings. The summed E-state index contributed by atoms with van der Waals surface area (Å²) in [4.78, 5) is 24.2. The zero-order valence-electron chi connectivity index (χ0n) is 7.15. The molecule has 2 amide bonds. The molecule has 2 unspecified atom stereocenters. The summed E-state index contributed by atoms with van der Waals surface area (Å²) in [5, 5.41) is 0. The summed E-state index contributed by atoms with van der Waals surface area (Å²) in [6.07, 6.45) is 0. The van der Waals surface area contributed by atoms with Crippen LogP contribution < -0.4 is 5.73 Å². The average molecular weight is 168 g/mol. The number of fused-ring (bicyclic) bond motifs is 1. The number of nitrogens with zero attached hydrogens (tertiary/aromatic N) is 1. The van der Waals surface area contributed by atoms with E-state index >= 15 is 0 Å². The van der Waals surface area contributed by atoms with Crippen molar-refractivity contribution in [3.63, 3.8) is 0 Å². The number of amides is 2. The Kier molecular flexibility index (Phi) is 1.33. The van der Waals surface area contributed by atoms with Gasteiger partial charge in [-0.3, -0.25) is 14.5 Å². The van der Waals surface area contributed by atoms with Crippen LogP contribution >= 0.6 is 0 Å². The number of carbonyl (C=O) groups excluding carboxylic acids is 2. The molecule has 1 saturated carbocycles. The Morgan fingerprint density at radius 1 is 1.25 bits per heavy atom. The van der Waals surface area contributed by atoms with Gasteiger partial charge in [-0.2, -0.15) is 0 Å². The van der Waals surface area contributed by atoms with Crippen molar-refractivity contribution in [2.45, 2.75) is 25.9 Å². The number of piperidine rings is 1. The normalized spacial score (nSPS) is 39.3. The van der Waals surface area contributed by atoms with Gasteiger partial charge in [-0.1, -0.05) is 0 Å². The van der Waals surface area contributed by atoms with Crippen molar-refractivity contribution >= 4 is 11.8 Å². The van der Waals surface area contributed by atoms with Crippen molar-refractivity contribution in [3.05, 3.63) is 0 Å². The molecule has 1 saturated heterocycles. The van der Waals surface area contributed by atoms with Crippen molar-refractivity contribution < 1.29 is 9.59 Å². The van der Waals surface area contributed by atoms with Crippen LogP contribution in [0, 0.1) is 11.8 Å². The first-order valence-corrected chi connectivity index (χ1v) is 4.18. The highest BCUT2D eigenvalue weighted by molar-refractivity contribution is 6.10. The zero-order chi connectivity index (χ0) is 9.04. The number of rotatable bonds is 1. The number of imide groups is 1. The van der Waals surface area contributed by atoms with Gasteiger partial charge in [-0.05, 0) is 13.8 Å². The average Bonchev–Trinajstić information content (AvgIpc) is 2.51. The molecule has 4 nitrogen and oxygen atoms in total. The SMILES string of the molecule is CC(C)N1C(=O)C2C(N)C2C1=O. The zero-order valence-corrected chi connectivity index (χ0v) is 7.15. The van der Waals surface area contributed by atoms with Gasteiger partial charge in [0.2, 0.25) is 11.8 Å². The monoisotopic (exact) mass is 168 g/mol. The van der Waals surface area contributed by atoms with E-state index in [4.69, 9.17) is 5.73 Å². The summed E-state index contributed by atoms with van der Waals surface area (Å²) >= 11 is 0. The van der Waals surface area contributed by atoms with Crippen molar-refractivity contribution in [1.29, 1.82) is 0 Å². The van der Waals surface area contributed by atoms with E-state index in [9.17, 15) is 9.59 Å². The van der Waals surface area contributed by atoms with E-state index in [0.29, 0.717) is 0 Å². The third kappa shape index (κ3) is 0.705. The first-order chi connectivity index (χ1) is 5.55. The second kappa shape index (κ2) is 2.07. The highest BCUT2D eigenvalue weighted by atomic mass is 16.2. The van der Waals surface area contributed by atoms with Crippen LogP contribution in [0.1, 0.15) is 13.8 Å². The van der Waals surface area contributed by atoms with Crippen molar-refractivity contribution in [1.82, 2.24) is 4.90 Å². The molecule has 0 aromatic carbocycles. The molecule has 0 bridgehead atoms. The fourth-order valence-corrected chi connectivity index (χ4v) is 1.91. The lowest BCUT2D eigenvalue weighted by Gasteiger charge is -2.21. The lowest BCUT2D eigenvalue weighted by molar-refractivity contribution is -0.143. The van der Waals surface area contributed by atoms with E-state index in [-0.39, 0.29) is 35.7 Å². The highest BCUT2D eigenvalue weighted by Crippen LogP contribution is 2.46. The van der Waals surface area contributed by atoms with Gasteiger partial charge in [0, 0.05) is 12.1 Å². The van der Waals surface area contributed by atoms with Crippen LogP contribution in [-0.4, -0.2) is 28.8 Å². The van der Waals surface area contributed by atoms with E-state index < -0.39 is 0 Å². The molecular weight excluding hydrogens is 156 g/mol. The molecule has 1 heterocycles. The lowest BCUT2D eigenvalue weighted by atomic mass is 10.3. The quantitative estimate of drug-likeness (QED) is 0.528. The molecule has 0 aromatic rings. The fourth-order valence-electron chi connectivity index (χ4n) is 1.91. The molecule has 2 N–H and O–H groups in total. The molecular formula is C8H12N2O2. The minimum absolute atomic E-state index is 0.0231. The van der Waals surface area contributed by atoms with Gasteiger partial charge >= 0.3 is 0 Å². The Labute approximate surface area is 70.7 Å². The van der Waals surface area contributed by atoms with Crippen molar-refractivity contribution in [2.24, 2.45) is 17.6 Å². The summed E-state index contributed by atoms with van der Waals surface area (Å²) in [6.45, 7) is 3.68. The summed E-state index contributed by atoms with van der Waals surface area (Å²) in [6, 6.07) is -0.218. The molecule has 4 heteroatoms. The number of carbonyl (C=O) groups is 2. The van der Waals surface area contributed by atoms with Gasteiger partial charge in [0.15, 0.2) is 0 Å². The molecule has 0 aromatic heterocycles. The van der Waals surface area contributed by atoms with Crippen LogP contribution in [0.15, 0.2) is 0 Å². The predicted octanol–water partition coefficient (Wildman–Crippen LogP) is -0.663. The second-order valence-electron chi connectivity index (χ2n) is 3.77. The predicted molar refractivity (Wildman–Crippen MR) is 41.9 cm³/mol. The standard InChI is InChI=1S/C8H12N2O2/c1-3(2)10-7(11)4-5(6(4)9)8(10)12/h3-6H,9H2,1-2H3. The topological polar surface area (TPSA) is 63.4 Å². The van der Waals surface area contributed by atoms with Gasteiger partial charge in [0.1, 0.15) is 0 Å². The van der Waals surface area contributed by atoms with Crippen LogP contribution in [0.3, 0.4) is 0 Å². The molecule has 2 rings (SSSR count). The van der Waals surface area contributed by atoms with E-state index in [1.807, 2.05) is 13.8 Å². The third-order valence-corrected chi connectivity index (χ3v) is 2.64. The van der Waals surface area contributed by atoms with E-state index in [1.54, 1.807) is 0 Å². The largest absolute Gasteiger partial charge is 0.326 e. The number of hydrogen-bond donors (Lipinski definition) is 1. The molecule has 2 aliphatic rings. The van der Waals surface area contributed by atoms with E-state index in [1.165, 1.54) is 4.90 Å². The number of likely N-dealkylation sites (tertiary alicyclic amines) is 1. The Morgan fingerprint density at radius 2 is 1.67 bits per heavy atom. The molecule has 0 spiro atoms. The summed E-state index contributed by atoms with van der Waals surface area (Å²) in [5.74, 6) is -0.542. The second-order valence-corrected chi connectivity index (χ2v) is 3.77. The molecule has 2 atom stereocenters. The molecule has 66 valence electrons. The van der Waals surface area contributed by atoms with Gasteiger partial charge in [0.05, 0.1) is 11.8 Å². The van der Waals surface area contributed by atoms with Crippen LogP contribution in [-0.2, 0) is 9.59 Å². The fraction of sp³-hybridized carbons (Fsp3) is 0.750. The van der Waals surface area contributed by atoms with Gasteiger partial charge < -0.3 is 5.73 Å². The lowest BCUT2D eigenvalue weighted by Crippen LogP contribution is -2.41. The minimum Gasteiger partial charge on any atom is -0.326 e. The number of nitrogens with two attached hydrogens (primary N) is 1. The maximum Gasteiger partial charge on any atom is 0.234 e. The minimum atomic E-state index is -0.195. The van der Waals surface area contributed by atoms with E-state index in [0.717, 1.165) is 0 Å². The summed E-state index contributed by atoms with van der Waals surface area (Å²) in [7, 11) is 0. The smallest absolute Gasteiger partial charge is 0.234 e. The first kappa shape index (κ1) is 7.73. The molecule has 0 radical (unpaired) electrons. The Bertz CT molecular complexity index is 240. The van der Waals surface area contributed by atoms with Crippen LogP contribution in [0.4, 0.5) is 0 Å². The maximum atomic E-state index is 11.4. The Balaban J connectivity index is 2.23. The van der Waals surface area contributed by atoms with Crippen molar-refractivity contribution in [2.75, 3.05) is 0 Å². The van der Waals surface area contributed by atoms with Crippen LogP contribution in [0.25, 0.3) is 0 Å². The molecule has 1 aliphatic carbocycles. The summed E-state index contributed by atoms with van der Waals surface area (Å²) in [5.41, 5.74) is 5.55. The summed E-state index contributed by atoms with van der Waals surface area (Å²) < 4.78 is 0. The van der Waals surface area contributed by atoms with Gasteiger partial charge in [-0.25, -0.2) is 0 Å². The van der Waals surface area contributed by atoms with Gasteiger partial charge in [-0.15, -0.1) is 0 Å².